The minimum absolute atomic E-state index is 0.195. The third kappa shape index (κ3) is 1.28. The molecule has 2 N–H and O–H groups in total. The van der Waals surface area contributed by atoms with Crippen LogP contribution in [0, 0.1) is 0 Å². The van der Waals surface area contributed by atoms with Gasteiger partial charge in [-0.05, 0) is 6.42 Å². The third-order valence-electron chi connectivity index (χ3n) is 2.37. The molecule has 0 aromatic heterocycles. The lowest BCUT2D eigenvalue weighted by Gasteiger charge is -2.15. The van der Waals surface area contributed by atoms with Crippen molar-refractivity contribution in [2.75, 3.05) is 13.1 Å². The fraction of sp³-hybridized carbons (Fsp3) is 0.625. The van der Waals surface area contributed by atoms with Crippen LogP contribution in [-0.4, -0.2) is 29.9 Å². The maximum atomic E-state index is 10.5. The van der Waals surface area contributed by atoms with Crippen LogP contribution in [0.1, 0.15) is 12.8 Å². The molecule has 1 aliphatic heterocycles. The van der Waals surface area contributed by atoms with Gasteiger partial charge in [-0.2, -0.15) is 0 Å². The van der Waals surface area contributed by atoms with E-state index in [1.54, 1.807) is 5.57 Å². The Bertz CT molecular complexity index is 222. The molecule has 1 saturated carbocycles. The van der Waals surface area contributed by atoms with Crippen LogP contribution in [0.15, 0.2) is 11.6 Å². The van der Waals surface area contributed by atoms with Gasteiger partial charge in [0.15, 0.2) is 0 Å². The van der Waals surface area contributed by atoms with E-state index in [1.165, 1.54) is 6.42 Å². The maximum absolute atomic E-state index is 10.5. The van der Waals surface area contributed by atoms with Crippen molar-refractivity contribution in [3.63, 3.8) is 0 Å². The maximum Gasteiger partial charge on any atom is 0.218 e. The molecule has 0 saturated heterocycles. The van der Waals surface area contributed by atoms with E-state index < -0.39 is 0 Å². The number of carbonyl (C=O) groups is 1. The third-order valence-corrected chi connectivity index (χ3v) is 2.37. The number of hydrogen-bond donors (Lipinski definition) is 1. The van der Waals surface area contributed by atoms with Crippen molar-refractivity contribution in [1.82, 2.24) is 4.90 Å². The zero-order valence-corrected chi connectivity index (χ0v) is 6.42. The number of hydrogen-bond acceptors (Lipinski definition) is 2. The summed E-state index contributed by atoms with van der Waals surface area (Å²) in [5.74, 6) is -0.195. The van der Waals surface area contributed by atoms with Crippen LogP contribution in [0.25, 0.3) is 0 Å². The van der Waals surface area contributed by atoms with Crippen LogP contribution in [0.3, 0.4) is 0 Å². The zero-order chi connectivity index (χ0) is 7.84. The van der Waals surface area contributed by atoms with Gasteiger partial charge in [-0.3, -0.25) is 9.69 Å². The van der Waals surface area contributed by atoms with Gasteiger partial charge in [-0.1, -0.05) is 11.6 Å². The summed E-state index contributed by atoms with van der Waals surface area (Å²) in [6, 6.07) is 0.675. The van der Waals surface area contributed by atoms with Gasteiger partial charge in [0.05, 0.1) is 0 Å². The van der Waals surface area contributed by atoms with Crippen molar-refractivity contribution in [1.29, 1.82) is 0 Å². The average Bonchev–Trinajstić information content (AvgIpc) is 2.62. The van der Waals surface area contributed by atoms with Crippen molar-refractivity contribution >= 4 is 5.91 Å². The normalized spacial score (nSPS) is 28.0. The molecule has 2 aliphatic rings. The first kappa shape index (κ1) is 6.85. The van der Waals surface area contributed by atoms with Crippen LogP contribution in [0.4, 0.5) is 0 Å². The molecular formula is C8H12N2O. The Labute approximate surface area is 65.9 Å². The second-order valence-electron chi connectivity index (χ2n) is 3.21. The summed E-state index contributed by atoms with van der Waals surface area (Å²) in [5, 5.41) is 0. The SMILES string of the molecule is NC(=O)CCN1CC=C2CC21. The lowest BCUT2D eigenvalue weighted by atomic mass is 10.3. The fourth-order valence-corrected chi connectivity index (χ4v) is 1.61. The van der Waals surface area contributed by atoms with Crippen LogP contribution in [0.2, 0.25) is 0 Å². The first-order valence-corrected chi connectivity index (χ1v) is 3.98. The highest BCUT2D eigenvalue weighted by Gasteiger charge is 2.38. The molecule has 60 valence electrons. The molecule has 1 unspecified atom stereocenters. The molecule has 0 radical (unpaired) electrons. The van der Waals surface area contributed by atoms with E-state index in [4.69, 9.17) is 5.73 Å². The molecular weight excluding hydrogens is 140 g/mol. The summed E-state index contributed by atoms with van der Waals surface area (Å²) in [6.07, 6.45) is 3.97. The predicted molar refractivity (Wildman–Crippen MR) is 41.9 cm³/mol. The summed E-state index contributed by atoms with van der Waals surface area (Å²) in [4.78, 5) is 12.8. The second kappa shape index (κ2) is 2.34. The smallest absolute Gasteiger partial charge is 0.218 e. The van der Waals surface area contributed by atoms with E-state index in [2.05, 4.69) is 11.0 Å². The van der Waals surface area contributed by atoms with Crippen molar-refractivity contribution in [2.45, 2.75) is 18.9 Å². The van der Waals surface area contributed by atoms with Crippen LogP contribution in [-0.2, 0) is 4.79 Å². The molecule has 11 heavy (non-hydrogen) atoms. The highest BCUT2D eigenvalue weighted by atomic mass is 16.1. The topological polar surface area (TPSA) is 46.3 Å². The van der Waals surface area contributed by atoms with E-state index in [0.717, 1.165) is 13.1 Å². The molecule has 0 aromatic carbocycles. The number of primary amides is 1. The lowest BCUT2D eigenvalue weighted by molar-refractivity contribution is -0.118. The first-order chi connectivity index (χ1) is 5.27. The zero-order valence-electron chi connectivity index (χ0n) is 6.42. The summed E-state index contributed by atoms with van der Waals surface area (Å²) in [7, 11) is 0. The van der Waals surface area contributed by atoms with E-state index >= 15 is 0 Å². The van der Waals surface area contributed by atoms with Gasteiger partial charge in [0.25, 0.3) is 0 Å². The Morgan fingerprint density at radius 2 is 2.64 bits per heavy atom. The summed E-state index contributed by atoms with van der Waals surface area (Å²) >= 11 is 0. The Kier molecular flexibility index (Phi) is 1.46. The van der Waals surface area contributed by atoms with Crippen LogP contribution < -0.4 is 5.73 Å². The largest absolute Gasteiger partial charge is 0.370 e. The fourth-order valence-electron chi connectivity index (χ4n) is 1.61. The number of rotatable bonds is 3. The Morgan fingerprint density at radius 3 is 3.09 bits per heavy atom. The van der Waals surface area contributed by atoms with Crippen molar-refractivity contribution in [3.05, 3.63) is 11.6 Å². The van der Waals surface area contributed by atoms with Gasteiger partial charge >= 0.3 is 0 Å². The molecule has 1 fully saturated rings. The van der Waals surface area contributed by atoms with Gasteiger partial charge in [-0.15, -0.1) is 0 Å². The van der Waals surface area contributed by atoms with Crippen molar-refractivity contribution < 1.29 is 4.79 Å². The van der Waals surface area contributed by atoms with E-state index in [9.17, 15) is 4.79 Å². The summed E-state index contributed by atoms with van der Waals surface area (Å²) < 4.78 is 0. The summed E-state index contributed by atoms with van der Waals surface area (Å²) in [6.45, 7) is 1.85. The minimum Gasteiger partial charge on any atom is -0.370 e. The molecule has 0 bridgehead atoms. The second-order valence-corrected chi connectivity index (χ2v) is 3.21. The number of carbonyl (C=O) groups excluding carboxylic acids is 1. The number of amides is 1. The first-order valence-electron chi connectivity index (χ1n) is 3.98. The number of nitrogens with zero attached hydrogens (tertiary/aromatic N) is 1. The van der Waals surface area contributed by atoms with Gasteiger partial charge in [0, 0.05) is 25.6 Å². The van der Waals surface area contributed by atoms with Crippen molar-refractivity contribution in [2.24, 2.45) is 5.73 Å². The van der Waals surface area contributed by atoms with Gasteiger partial charge in [0.2, 0.25) is 5.91 Å². The van der Waals surface area contributed by atoms with Crippen LogP contribution in [0.5, 0.6) is 0 Å². The lowest BCUT2D eigenvalue weighted by Crippen LogP contribution is -2.28. The predicted octanol–water partition coefficient (Wildman–Crippen LogP) is -0.124. The molecule has 1 atom stereocenters. The Morgan fingerprint density at radius 1 is 1.82 bits per heavy atom. The van der Waals surface area contributed by atoms with Crippen LogP contribution >= 0.6 is 0 Å². The van der Waals surface area contributed by atoms with Gasteiger partial charge in [-0.25, -0.2) is 0 Å². The average molecular weight is 152 g/mol. The Hall–Kier alpha value is -0.830. The van der Waals surface area contributed by atoms with E-state index in [1.807, 2.05) is 0 Å². The molecule has 1 heterocycles. The van der Waals surface area contributed by atoms with Crippen molar-refractivity contribution in [3.8, 4) is 0 Å². The molecule has 3 nitrogen and oxygen atoms in total. The van der Waals surface area contributed by atoms with E-state index in [0.29, 0.717) is 12.5 Å². The van der Waals surface area contributed by atoms with E-state index in [-0.39, 0.29) is 5.91 Å². The molecule has 3 heteroatoms. The molecule has 0 aromatic rings. The Balaban J connectivity index is 1.77. The van der Waals surface area contributed by atoms with Gasteiger partial charge < -0.3 is 5.73 Å². The number of fused-ring (bicyclic) bond motifs is 1. The molecule has 1 amide bonds. The standard InChI is InChI=1S/C8H12N2O/c9-8(11)2-4-10-3-1-6-5-7(6)10/h1,7H,2-5H2,(H2,9,11). The quantitative estimate of drug-likeness (QED) is 0.573. The highest BCUT2D eigenvalue weighted by molar-refractivity contribution is 5.73. The molecule has 0 spiro atoms. The molecule has 1 aliphatic carbocycles. The minimum atomic E-state index is -0.195. The van der Waals surface area contributed by atoms with Gasteiger partial charge in [0.1, 0.15) is 0 Å². The summed E-state index contributed by atoms with van der Waals surface area (Å²) in [5.41, 5.74) is 6.60. The molecule has 2 rings (SSSR count). The highest BCUT2D eigenvalue weighted by Crippen LogP contribution is 2.39. The number of nitrogens with two attached hydrogens (primary N) is 1. The monoisotopic (exact) mass is 152 g/mol.